The van der Waals surface area contributed by atoms with Crippen LogP contribution in [0.25, 0.3) is 0 Å². The molecule has 114 valence electrons. The fourth-order valence-corrected chi connectivity index (χ4v) is 2.58. The summed E-state index contributed by atoms with van der Waals surface area (Å²) in [7, 11) is 0. The van der Waals surface area contributed by atoms with E-state index in [-0.39, 0.29) is 11.9 Å². The first-order chi connectivity index (χ1) is 10.1. The lowest BCUT2D eigenvalue weighted by Crippen LogP contribution is -2.49. The molecule has 1 atom stereocenters. The Morgan fingerprint density at radius 3 is 2.95 bits per heavy atom. The van der Waals surface area contributed by atoms with Crippen molar-refractivity contribution in [2.24, 2.45) is 0 Å². The highest BCUT2D eigenvalue weighted by Gasteiger charge is 2.25. The third kappa shape index (κ3) is 4.21. The van der Waals surface area contributed by atoms with Crippen LogP contribution in [0.3, 0.4) is 0 Å². The molecule has 0 radical (unpaired) electrons. The molecular weight excluding hydrogens is 268 g/mol. The van der Waals surface area contributed by atoms with Crippen LogP contribution in [0.2, 0.25) is 0 Å². The zero-order chi connectivity index (χ0) is 15.2. The van der Waals surface area contributed by atoms with Crippen molar-refractivity contribution in [3.8, 4) is 0 Å². The Morgan fingerprint density at radius 2 is 2.24 bits per heavy atom. The Morgan fingerprint density at radius 1 is 1.43 bits per heavy atom. The van der Waals surface area contributed by atoms with Gasteiger partial charge in [0.1, 0.15) is 0 Å². The highest BCUT2D eigenvalue weighted by atomic mass is 16.5. The van der Waals surface area contributed by atoms with Gasteiger partial charge in [-0.15, -0.1) is 0 Å². The maximum Gasteiger partial charge on any atom is 0.407 e. The first-order valence-corrected chi connectivity index (χ1v) is 7.39. The maximum atomic E-state index is 12.5. The lowest BCUT2D eigenvalue weighted by Gasteiger charge is -2.33. The number of alkyl carbamates (subject to hydrolysis) is 1. The molecule has 0 aromatic heterocycles. The van der Waals surface area contributed by atoms with Crippen LogP contribution in [-0.4, -0.2) is 42.6 Å². The summed E-state index contributed by atoms with van der Waals surface area (Å²) in [5, 5.41) is 2.81. The van der Waals surface area contributed by atoms with Gasteiger partial charge in [-0.05, 0) is 38.8 Å². The van der Waals surface area contributed by atoms with Gasteiger partial charge in [0.15, 0.2) is 0 Å². The Kier molecular flexibility index (Phi) is 5.20. The molecule has 1 aromatic carbocycles. The van der Waals surface area contributed by atoms with E-state index in [0.717, 1.165) is 24.9 Å². The zero-order valence-corrected chi connectivity index (χ0v) is 12.6. The maximum absolute atomic E-state index is 12.5. The van der Waals surface area contributed by atoms with E-state index in [1.54, 1.807) is 11.8 Å². The van der Waals surface area contributed by atoms with Crippen molar-refractivity contribution in [2.75, 3.05) is 19.7 Å². The standard InChI is InChI=1S/C16H22N2O3/c1-3-21-16(20)17-14-8-5-9-18(11-14)15(19)13-7-4-6-12(2)10-13/h4,6-7,10,14H,3,5,8-9,11H2,1-2H3,(H,17,20). The number of aryl methyl sites for hydroxylation is 1. The van der Waals surface area contributed by atoms with E-state index in [9.17, 15) is 9.59 Å². The van der Waals surface area contributed by atoms with E-state index < -0.39 is 6.09 Å². The van der Waals surface area contributed by atoms with Crippen LogP contribution in [0.15, 0.2) is 24.3 Å². The molecular formula is C16H22N2O3. The summed E-state index contributed by atoms with van der Waals surface area (Å²) in [5.74, 6) is 0.0223. The molecule has 5 nitrogen and oxygen atoms in total. The minimum absolute atomic E-state index is 0.0223. The molecule has 1 saturated heterocycles. The Hall–Kier alpha value is -2.04. The quantitative estimate of drug-likeness (QED) is 0.929. The number of hydrogen-bond acceptors (Lipinski definition) is 3. The Bertz CT molecular complexity index is 516. The molecule has 0 aliphatic carbocycles. The van der Waals surface area contributed by atoms with Crippen molar-refractivity contribution in [3.05, 3.63) is 35.4 Å². The van der Waals surface area contributed by atoms with Gasteiger partial charge in [-0.25, -0.2) is 4.79 Å². The van der Waals surface area contributed by atoms with Crippen LogP contribution in [0.1, 0.15) is 35.7 Å². The molecule has 2 amide bonds. The molecule has 1 aliphatic rings. The van der Waals surface area contributed by atoms with Crippen molar-refractivity contribution in [1.82, 2.24) is 10.2 Å². The van der Waals surface area contributed by atoms with Crippen LogP contribution in [0.5, 0.6) is 0 Å². The number of likely N-dealkylation sites (tertiary alicyclic amines) is 1. The van der Waals surface area contributed by atoms with Crippen LogP contribution in [0.4, 0.5) is 4.79 Å². The molecule has 1 unspecified atom stereocenters. The number of hydrogen-bond donors (Lipinski definition) is 1. The molecule has 5 heteroatoms. The van der Waals surface area contributed by atoms with Gasteiger partial charge >= 0.3 is 6.09 Å². The Balaban J connectivity index is 1.97. The van der Waals surface area contributed by atoms with Gasteiger partial charge in [0, 0.05) is 24.7 Å². The summed E-state index contributed by atoms with van der Waals surface area (Å²) >= 11 is 0. The van der Waals surface area contributed by atoms with E-state index in [1.807, 2.05) is 31.2 Å². The number of nitrogens with one attached hydrogen (secondary N) is 1. The molecule has 1 aliphatic heterocycles. The summed E-state index contributed by atoms with van der Waals surface area (Å²) in [6.07, 6.45) is 1.35. The molecule has 0 saturated carbocycles. The number of rotatable bonds is 3. The predicted octanol–water partition coefficient (Wildman–Crippen LogP) is 2.35. The summed E-state index contributed by atoms with van der Waals surface area (Å²) in [5.41, 5.74) is 1.77. The van der Waals surface area contributed by atoms with Gasteiger partial charge in [-0.3, -0.25) is 4.79 Å². The van der Waals surface area contributed by atoms with Crippen LogP contribution >= 0.6 is 0 Å². The minimum atomic E-state index is -0.410. The van der Waals surface area contributed by atoms with E-state index >= 15 is 0 Å². The number of benzene rings is 1. The number of nitrogens with zero attached hydrogens (tertiary/aromatic N) is 1. The fourth-order valence-electron chi connectivity index (χ4n) is 2.58. The van der Waals surface area contributed by atoms with Gasteiger partial charge in [0.25, 0.3) is 5.91 Å². The molecule has 1 heterocycles. The van der Waals surface area contributed by atoms with E-state index in [0.29, 0.717) is 18.7 Å². The minimum Gasteiger partial charge on any atom is -0.450 e. The third-order valence-electron chi connectivity index (χ3n) is 3.57. The van der Waals surface area contributed by atoms with Crippen molar-refractivity contribution >= 4 is 12.0 Å². The van der Waals surface area contributed by atoms with Crippen LogP contribution in [-0.2, 0) is 4.74 Å². The van der Waals surface area contributed by atoms with Gasteiger partial charge in [0.05, 0.1) is 6.61 Å². The van der Waals surface area contributed by atoms with Gasteiger partial charge in [-0.2, -0.15) is 0 Å². The fraction of sp³-hybridized carbons (Fsp3) is 0.500. The van der Waals surface area contributed by atoms with Crippen LogP contribution in [0, 0.1) is 6.92 Å². The van der Waals surface area contributed by atoms with Crippen molar-refractivity contribution in [3.63, 3.8) is 0 Å². The first kappa shape index (κ1) is 15.4. The number of carbonyl (C=O) groups is 2. The molecule has 0 spiro atoms. The van der Waals surface area contributed by atoms with E-state index in [4.69, 9.17) is 4.74 Å². The number of carbonyl (C=O) groups excluding carboxylic acids is 2. The summed E-state index contributed by atoms with van der Waals surface area (Å²) in [6.45, 7) is 5.36. The monoisotopic (exact) mass is 290 g/mol. The number of amides is 2. The van der Waals surface area contributed by atoms with E-state index in [1.165, 1.54) is 0 Å². The highest BCUT2D eigenvalue weighted by Crippen LogP contribution is 2.15. The van der Waals surface area contributed by atoms with E-state index in [2.05, 4.69) is 5.32 Å². The van der Waals surface area contributed by atoms with Gasteiger partial charge < -0.3 is 15.0 Å². The summed E-state index contributed by atoms with van der Waals surface area (Å²) in [4.78, 5) is 25.8. The van der Waals surface area contributed by atoms with Crippen molar-refractivity contribution < 1.29 is 14.3 Å². The second-order valence-electron chi connectivity index (χ2n) is 5.32. The van der Waals surface area contributed by atoms with Crippen molar-refractivity contribution in [2.45, 2.75) is 32.7 Å². The normalized spacial score (nSPS) is 18.2. The second kappa shape index (κ2) is 7.11. The molecule has 1 fully saturated rings. The lowest BCUT2D eigenvalue weighted by molar-refractivity contribution is 0.0686. The van der Waals surface area contributed by atoms with Gasteiger partial charge in [-0.1, -0.05) is 17.7 Å². The lowest BCUT2D eigenvalue weighted by atomic mass is 10.0. The molecule has 0 bridgehead atoms. The third-order valence-corrected chi connectivity index (χ3v) is 3.57. The second-order valence-corrected chi connectivity index (χ2v) is 5.32. The topological polar surface area (TPSA) is 58.6 Å². The van der Waals surface area contributed by atoms with Gasteiger partial charge in [0.2, 0.25) is 0 Å². The molecule has 1 N–H and O–H groups in total. The molecule has 21 heavy (non-hydrogen) atoms. The summed E-state index contributed by atoms with van der Waals surface area (Å²) in [6, 6.07) is 7.55. The predicted molar refractivity (Wildman–Crippen MR) is 80.3 cm³/mol. The SMILES string of the molecule is CCOC(=O)NC1CCCN(C(=O)c2cccc(C)c2)C1. The molecule has 1 aromatic rings. The van der Waals surface area contributed by atoms with Crippen LogP contribution < -0.4 is 5.32 Å². The largest absolute Gasteiger partial charge is 0.450 e. The first-order valence-electron chi connectivity index (χ1n) is 7.39. The number of piperidine rings is 1. The highest BCUT2D eigenvalue weighted by molar-refractivity contribution is 5.94. The summed E-state index contributed by atoms with van der Waals surface area (Å²) < 4.78 is 4.89. The Labute approximate surface area is 125 Å². The van der Waals surface area contributed by atoms with Crippen molar-refractivity contribution in [1.29, 1.82) is 0 Å². The average molecular weight is 290 g/mol. The average Bonchev–Trinajstić information content (AvgIpc) is 2.47. The zero-order valence-electron chi connectivity index (χ0n) is 12.6. The number of ether oxygens (including phenoxy) is 1. The smallest absolute Gasteiger partial charge is 0.407 e. The molecule has 2 rings (SSSR count).